The number of pyridine rings is 1. The molecule has 1 aliphatic rings. The van der Waals surface area contributed by atoms with Crippen molar-refractivity contribution in [2.75, 3.05) is 18.1 Å². The first-order valence-corrected chi connectivity index (χ1v) is 8.21. The number of amides is 1. The summed E-state index contributed by atoms with van der Waals surface area (Å²) in [5.41, 5.74) is 0.484. The second-order valence-electron chi connectivity index (χ2n) is 6.64. The Morgan fingerprint density at radius 2 is 2.12 bits per heavy atom. The van der Waals surface area contributed by atoms with Gasteiger partial charge < -0.3 is 9.47 Å². The molecule has 0 radical (unpaired) electrons. The molecule has 0 saturated carbocycles. The van der Waals surface area contributed by atoms with Crippen molar-refractivity contribution in [2.45, 2.75) is 26.4 Å². The van der Waals surface area contributed by atoms with Crippen molar-refractivity contribution in [1.29, 1.82) is 0 Å². The third-order valence-electron chi connectivity index (χ3n) is 3.53. The van der Waals surface area contributed by atoms with Crippen molar-refractivity contribution in [2.24, 2.45) is 0 Å². The van der Waals surface area contributed by atoms with Crippen LogP contribution in [0.15, 0.2) is 30.5 Å². The fourth-order valence-corrected chi connectivity index (χ4v) is 2.64. The van der Waals surface area contributed by atoms with E-state index >= 15 is 0 Å². The van der Waals surface area contributed by atoms with Crippen LogP contribution in [-0.4, -0.2) is 29.8 Å². The summed E-state index contributed by atoms with van der Waals surface area (Å²) in [5, 5.41) is 0.399. The molecular formula is C18H18ClFN2O3. The van der Waals surface area contributed by atoms with Crippen LogP contribution in [0.25, 0.3) is 11.3 Å². The van der Waals surface area contributed by atoms with Gasteiger partial charge in [-0.25, -0.2) is 9.18 Å². The maximum absolute atomic E-state index is 14.1. The van der Waals surface area contributed by atoms with Crippen LogP contribution < -0.4 is 9.64 Å². The van der Waals surface area contributed by atoms with Crippen molar-refractivity contribution < 1.29 is 18.7 Å². The minimum atomic E-state index is -0.621. The lowest BCUT2D eigenvalue weighted by molar-refractivity contribution is 0.0567. The molecule has 25 heavy (non-hydrogen) atoms. The van der Waals surface area contributed by atoms with Crippen LogP contribution in [0.4, 0.5) is 14.9 Å². The number of halogens is 2. The Kier molecular flexibility index (Phi) is 4.56. The van der Waals surface area contributed by atoms with Gasteiger partial charge in [-0.05, 0) is 45.0 Å². The summed E-state index contributed by atoms with van der Waals surface area (Å²) in [4.78, 5) is 18.2. The van der Waals surface area contributed by atoms with Crippen LogP contribution in [0.5, 0.6) is 5.75 Å². The van der Waals surface area contributed by atoms with Gasteiger partial charge in [-0.2, -0.15) is 0 Å². The van der Waals surface area contributed by atoms with Crippen LogP contribution in [0.3, 0.4) is 0 Å². The molecule has 0 atom stereocenters. The molecule has 0 aliphatic carbocycles. The maximum Gasteiger partial charge on any atom is 0.415 e. The standard InChI is InChI=1S/C18H18ClFN2O3/c1-18(2,3)25-17(23)22-6-7-24-16-10-21-14(9-15(16)22)12-8-11(19)4-5-13(12)20/h4-5,8-10H,6-7H2,1-3H3. The molecule has 0 saturated heterocycles. The van der Waals surface area contributed by atoms with Gasteiger partial charge in [0.05, 0.1) is 24.1 Å². The highest BCUT2D eigenvalue weighted by molar-refractivity contribution is 6.30. The molecule has 0 N–H and O–H groups in total. The molecule has 1 aliphatic heterocycles. The lowest BCUT2D eigenvalue weighted by Crippen LogP contribution is -2.41. The number of rotatable bonds is 1. The number of carbonyl (C=O) groups is 1. The number of benzene rings is 1. The number of anilines is 1. The van der Waals surface area contributed by atoms with Gasteiger partial charge in [0.2, 0.25) is 0 Å². The van der Waals surface area contributed by atoms with Crippen LogP contribution >= 0.6 is 11.6 Å². The molecule has 2 aromatic rings. The molecule has 0 fully saturated rings. The molecule has 0 unspecified atom stereocenters. The Morgan fingerprint density at radius 3 is 2.84 bits per heavy atom. The van der Waals surface area contributed by atoms with E-state index < -0.39 is 17.5 Å². The highest BCUT2D eigenvalue weighted by Gasteiger charge is 2.29. The Labute approximate surface area is 150 Å². The highest BCUT2D eigenvalue weighted by atomic mass is 35.5. The van der Waals surface area contributed by atoms with Gasteiger partial charge in [0.15, 0.2) is 5.75 Å². The largest absolute Gasteiger partial charge is 0.488 e. The van der Waals surface area contributed by atoms with Crippen molar-refractivity contribution in [3.05, 3.63) is 41.3 Å². The van der Waals surface area contributed by atoms with Crippen molar-refractivity contribution in [1.82, 2.24) is 4.98 Å². The second-order valence-corrected chi connectivity index (χ2v) is 7.08. The zero-order chi connectivity index (χ0) is 18.2. The summed E-state index contributed by atoms with van der Waals surface area (Å²) in [7, 11) is 0. The maximum atomic E-state index is 14.1. The van der Waals surface area contributed by atoms with Gasteiger partial charge in [0.1, 0.15) is 18.0 Å². The molecule has 3 rings (SSSR count). The first-order chi connectivity index (χ1) is 11.7. The van der Waals surface area contributed by atoms with Crippen molar-refractivity contribution >= 4 is 23.4 Å². The summed E-state index contributed by atoms with van der Waals surface area (Å²) in [5.74, 6) is 0.000640. The Bertz CT molecular complexity index is 820. The minimum absolute atomic E-state index is 0.255. The molecule has 5 nitrogen and oxygen atoms in total. The molecule has 1 aromatic heterocycles. The average Bonchev–Trinajstić information content (AvgIpc) is 2.54. The number of aromatic nitrogens is 1. The van der Waals surface area contributed by atoms with Gasteiger partial charge in [0, 0.05) is 10.6 Å². The Hall–Kier alpha value is -2.34. The number of nitrogens with zero attached hydrogens (tertiary/aromatic N) is 2. The summed E-state index contributed by atoms with van der Waals surface area (Å²) in [6, 6.07) is 5.84. The van der Waals surface area contributed by atoms with Crippen molar-refractivity contribution in [3.8, 4) is 17.0 Å². The summed E-state index contributed by atoms with van der Waals surface area (Å²) < 4.78 is 25.1. The van der Waals surface area contributed by atoms with E-state index in [2.05, 4.69) is 4.98 Å². The summed E-state index contributed by atoms with van der Waals surface area (Å²) in [6.07, 6.45) is 0.988. The fraction of sp³-hybridized carbons (Fsp3) is 0.333. The van der Waals surface area contributed by atoms with E-state index in [1.165, 1.54) is 29.3 Å². The molecule has 1 aromatic carbocycles. The van der Waals surface area contributed by atoms with Crippen molar-refractivity contribution in [3.63, 3.8) is 0 Å². The molecule has 132 valence electrons. The zero-order valence-corrected chi connectivity index (χ0v) is 14.9. The first-order valence-electron chi connectivity index (χ1n) is 7.83. The van der Waals surface area contributed by atoms with E-state index in [0.717, 1.165) is 0 Å². The molecule has 7 heteroatoms. The molecule has 1 amide bonds. The van der Waals surface area contributed by atoms with E-state index in [0.29, 0.717) is 35.3 Å². The number of hydrogen-bond donors (Lipinski definition) is 0. The predicted molar refractivity (Wildman–Crippen MR) is 93.7 cm³/mol. The number of fused-ring (bicyclic) bond motifs is 1. The molecule has 0 bridgehead atoms. The van der Waals surface area contributed by atoms with Gasteiger partial charge >= 0.3 is 6.09 Å². The quantitative estimate of drug-likeness (QED) is 0.737. The number of carbonyl (C=O) groups excluding carboxylic acids is 1. The van der Waals surface area contributed by atoms with E-state index in [1.54, 1.807) is 26.8 Å². The monoisotopic (exact) mass is 364 g/mol. The average molecular weight is 365 g/mol. The number of ether oxygens (including phenoxy) is 2. The third-order valence-corrected chi connectivity index (χ3v) is 3.76. The molecule has 2 heterocycles. The van der Waals surface area contributed by atoms with Gasteiger partial charge in [-0.1, -0.05) is 11.6 Å². The SMILES string of the molecule is CC(C)(C)OC(=O)N1CCOc2cnc(-c3cc(Cl)ccc3F)cc21. The lowest BCUT2D eigenvalue weighted by Gasteiger charge is -2.31. The summed E-state index contributed by atoms with van der Waals surface area (Å²) in [6.45, 7) is 6.06. The fourth-order valence-electron chi connectivity index (χ4n) is 2.47. The Morgan fingerprint density at radius 1 is 1.36 bits per heavy atom. The van der Waals surface area contributed by atoms with E-state index in [4.69, 9.17) is 21.1 Å². The predicted octanol–water partition coefficient (Wildman–Crippen LogP) is 4.68. The first kappa shape index (κ1) is 17.5. The highest BCUT2D eigenvalue weighted by Crippen LogP contribution is 2.36. The van der Waals surface area contributed by atoms with E-state index in [-0.39, 0.29) is 5.56 Å². The normalized spacial score (nSPS) is 13.9. The van der Waals surface area contributed by atoms with Crippen LogP contribution in [0.2, 0.25) is 5.02 Å². The smallest absolute Gasteiger partial charge is 0.415 e. The van der Waals surface area contributed by atoms with E-state index in [9.17, 15) is 9.18 Å². The topological polar surface area (TPSA) is 51.7 Å². The zero-order valence-electron chi connectivity index (χ0n) is 14.2. The van der Waals surface area contributed by atoms with Gasteiger partial charge in [-0.15, -0.1) is 0 Å². The third kappa shape index (κ3) is 3.85. The lowest BCUT2D eigenvalue weighted by atomic mass is 10.1. The van der Waals surface area contributed by atoms with Gasteiger partial charge in [-0.3, -0.25) is 9.88 Å². The summed E-state index contributed by atoms with van der Waals surface area (Å²) >= 11 is 5.96. The molecule has 0 spiro atoms. The van der Waals surface area contributed by atoms with Gasteiger partial charge in [0.25, 0.3) is 0 Å². The van der Waals surface area contributed by atoms with E-state index in [1.807, 2.05) is 0 Å². The van der Waals surface area contributed by atoms with Crippen LogP contribution in [0.1, 0.15) is 20.8 Å². The van der Waals surface area contributed by atoms with Crippen LogP contribution in [0, 0.1) is 5.82 Å². The molecular weight excluding hydrogens is 347 g/mol. The number of hydrogen-bond acceptors (Lipinski definition) is 4. The minimum Gasteiger partial charge on any atom is -0.488 e. The Balaban J connectivity index is 2.01. The second kappa shape index (κ2) is 6.52. The van der Waals surface area contributed by atoms with Crippen LogP contribution in [-0.2, 0) is 4.74 Å².